The summed E-state index contributed by atoms with van der Waals surface area (Å²) in [5.74, 6) is 0.619. The van der Waals surface area contributed by atoms with Crippen LogP contribution >= 0.6 is 0 Å². The normalized spacial score (nSPS) is 13.3. The van der Waals surface area contributed by atoms with E-state index in [1.54, 1.807) is 0 Å². The molecule has 0 fully saturated rings. The molecule has 87 valence electrons. The molecule has 0 aromatic heterocycles. The molecule has 2 aromatic carbocycles. The van der Waals surface area contributed by atoms with Gasteiger partial charge in [-0.1, -0.05) is 36.4 Å². The van der Waals surface area contributed by atoms with Crippen molar-refractivity contribution >= 4 is 25.5 Å². The van der Waals surface area contributed by atoms with E-state index in [9.17, 15) is 0 Å². The summed E-state index contributed by atoms with van der Waals surface area (Å²) in [6.45, 7) is 0.561. The summed E-state index contributed by atoms with van der Waals surface area (Å²) in [5.41, 5.74) is 3.41. The Bertz CT molecular complexity index is 545. The first kappa shape index (κ1) is 11.4. The minimum Gasteiger partial charge on any atom is -0.537 e. The second-order valence-corrected chi connectivity index (χ2v) is 4.19. The molecule has 5 heteroatoms. The summed E-state index contributed by atoms with van der Waals surface area (Å²) in [7, 11) is 0.687. The molecule has 0 saturated heterocycles. The zero-order valence-electron chi connectivity index (χ0n) is 9.74. The lowest BCUT2D eigenvalue weighted by Crippen LogP contribution is -2.40. The molecule has 0 unspecified atom stereocenters. The molecular formula is C13H11B2O3. The van der Waals surface area contributed by atoms with E-state index in [0.717, 1.165) is 16.5 Å². The van der Waals surface area contributed by atoms with E-state index in [2.05, 4.69) is 12.1 Å². The van der Waals surface area contributed by atoms with Crippen molar-refractivity contribution in [3.8, 4) is 5.75 Å². The monoisotopic (exact) mass is 237 g/mol. The average molecular weight is 237 g/mol. The molecule has 1 radical (unpaired) electrons. The van der Waals surface area contributed by atoms with Gasteiger partial charge in [0.2, 0.25) is 0 Å². The van der Waals surface area contributed by atoms with Crippen LogP contribution in [0.15, 0.2) is 48.5 Å². The number of fused-ring (bicyclic) bond motifs is 1. The molecule has 0 amide bonds. The number of hydrogen-bond acceptors (Lipinski definition) is 3. The fourth-order valence-electron chi connectivity index (χ4n) is 2.26. The van der Waals surface area contributed by atoms with E-state index in [1.165, 1.54) is 0 Å². The Labute approximate surface area is 107 Å². The summed E-state index contributed by atoms with van der Waals surface area (Å²) >= 11 is 0. The van der Waals surface area contributed by atoms with Crippen LogP contribution in [0.2, 0.25) is 0 Å². The minimum atomic E-state index is -0.00615. The zero-order valence-corrected chi connectivity index (χ0v) is 9.74. The van der Waals surface area contributed by atoms with Crippen molar-refractivity contribution in [3.63, 3.8) is 0 Å². The van der Waals surface area contributed by atoms with Gasteiger partial charge in [-0.2, -0.15) is 0 Å². The summed E-state index contributed by atoms with van der Waals surface area (Å²) in [5, 5.41) is 8.62. The highest BCUT2D eigenvalue weighted by molar-refractivity contribution is 6.81. The second kappa shape index (κ2) is 4.88. The van der Waals surface area contributed by atoms with E-state index in [4.69, 9.17) is 14.3 Å². The number of benzene rings is 2. The summed E-state index contributed by atoms with van der Waals surface area (Å²) in [6.07, 6.45) is 0. The van der Waals surface area contributed by atoms with E-state index in [-0.39, 0.29) is 6.92 Å². The van der Waals surface area contributed by atoms with Crippen LogP contribution in [0.1, 0.15) is 5.56 Å². The first-order chi connectivity index (χ1) is 8.88. The van der Waals surface area contributed by atoms with Gasteiger partial charge in [0, 0.05) is 0 Å². The highest BCUT2D eigenvalue weighted by atomic mass is 16.5. The molecule has 0 saturated carbocycles. The van der Waals surface area contributed by atoms with Crippen LogP contribution in [0.5, 0.6) is 5.75 Å². The molecule has 0 atom stereocenters. The standard InChI is InChI=1S/C13H11B2O3/c16-14-18-12-6-7-13-10(8-12)9-17-15(13)11-4-2-1-3-5-11/h1-8,16H,9H2. The maximum absolute atomic E-state index is 8.62. The van der Waals surface area contributed by atoms with Crippen LogP contribution < -0.4 is 15.6 Å². The third-order valence-corrected chi connectivity index (χ3v) is 3.09. The molecule has 1 aliphatic heterocycles. The number of rotatable bonds is 3. The van der Waals surface area contributed by atoms with Crippen molar-refractivity contribution in [2.75, 3.05) is 0 Å². The van der Waals surface area contributed by atoms with Crippen molar-refractivity contribution < 1.29 is 14.3 Å². The largest absolute Gasteiger partial charge is 0.569 e. The average Bonchev–Trinajstić information content (AvgIpc) is 2.83. The lowest BCUT2D eigenvalue weighted by Gasteiger charge is -2.07. The van der Waals surface area contributed by atoms with Crippen molar-refractivity contribution in [2.24, 2.45) is 0 Å². The summed E-state index contributed by atoms with van der Waals surface area (Å²) in [4.78, 5) is 0. The van der Waals surface area contributed by atoms with Crippen molar-refractivity contribution in [2.45, 2.75) is 6.61 Å². The Morgan fingerprint density at radius 1 is 1.17 bits per heavy atom. The van der Waals surface area contributed by atoms with Gasteiger partial charge in [0.05, 0.1) is 6.61 Å². The molecule has 0 aliphatic carbocycles. The van der Waals surface area contributed by atoms with Gasteiger partial charge in [-0.3, -0.25) is 0 Å². The van der Waals surface area contributed by atoms with Crippen LogP contribution in [0, 0.1) is 0 Å². The molecule has 3 rings (SSSR count). The van der Waals surface area contributed by atoms with Crippen LogP contribution in [-0.4, -0.2) is 19.6 Å². The summed E-state index contributed by atoms with van der Waals surface area (Å²) in [6, 6.07) is 15.8. The maximum atomic E-state index is 8.62. The molecule has 3 nitrogen and oxygen atoms in total. The van der Waals surface area contributed by atoms with Gasteiger partial charge in [0.15, 0.2) is 0 Å². The SMILES string of the molecule is O[B]Oc1ccc2c(c1)COB2c1ccccc1. The predicted octanol–water partition coefficient (Wildman–Crippen LogP) is 0.228. The van der Waals surface area contributed by atoms with E-state index in [0.29, 0.717) is 20.0 Å². The fraction of sp³-hybridized carbons (Fsp3) is 0.0769. The van der Waals surface area contributed by atoms with Crippen LogP contribution in [0.3, 0.4) is 0 Å². The van der Waals surface area contributed by atoms with Crippen LogP contribution in [0.25, 0.3) is 0 Å². The highest BCUT2D eigenvalue weighted by Crippen LogP contribution is 2.17. The molecule has 1 aliphatic rings. The summed E-state index contributed by atoms with van der Waals surface area (Å²) < 4.78 is 10.8. The van der Waals surface area contributed by atoms with Gasteiger partial charge in [0.1, 0.15) is 5.75 Å². The molecule has 1 N–H and O–H groups in total. The minimum absolute atomic E-state index is 0.00615. The van der Waals surface area contributed by atoms with Gasteiger partial charge in [-0.25, -0.2) is 0 Å². The predicted molar refractivity (Wildman–Crippen MR) is 71.3 cm³/mol. The maximum Gasteiger partial charge on any atom is 0.569 e. The van der Waals surface area contributed by atoms with Crippen LogP contribution in [0.4, 0.5) is 0 Å². The quantitative estimate of drug-likeness (QED) is 0.776. The number of hydrogen-bond donors (Lipinski definition) is 1. The first-order valence-electron chi connectivity index (χ1n) is 5.80. The molecule has 0 spiro atoms. The van der Waals surface area contributed by atoms with Gasteiger partial charge in [-0.05, 0) is 28.6 Å². The Hall–Kier alpha value is -1.71. The second-order valence-electron chi connectivity index (χ2n) is 4.19. The van der Waals surface area contributed by atoms with Crippen molar-refractivity contribution in [3.05, 3.63) is 54.1 Å². The third kappa shape index (κ3) is 2.03. The van der Waals surface area contributed by atoms with Gasteiger partial charge in [0.25, 0.3) is 0 Å². The molecule has 18 heavy (non-hydrogen) atoms. The lowest BCUT2D eigenvalue weighted by molar-refractivity contribution is 0.336. The molecule has 2 aromatic rings. The molecule has 1 heterocycles. The van der Waals surface area contributed by atoms with E-state index < -0.39 is 0 Å². The van der Waals surface area contributed by atoms with Gasteiger partial charge in [-0.15, -0.1) is 0 Å². The Balaban J connectivity index is 1.93. The first-order valence-corrected chi connectivity index (χ1v) is 5.80. The Morgan fingerprint density at radius 2 is 2.00 bits per heavy atom. The highest BCUT2D eigenvalue weighted by Gasteiger charge is 2.29. The molecule has 0 bridgehead atoms. The van der Waals surface area contributed by atoms with Crippen LogP contribution in [-0.2, 0) is 11.3 Å². The van der Waals surface area contributed by atoms with E-state index in [1.807, 2.05) is 36.4 Å². The fourth-order valence-corrected chi connectivity index (χ4v) is 2.26. The van der Waals surface area contributed by atoms with E-state index >= 15 is 0 Å². The van der Waals surface area contributed by atoms with Crippen molar-refractivity contribution in [1.29, 1.82) is 0 Å². The third-order valence-electron chi connectivity index (χ3n) is 3.09. The Kier molecular flexibility index (Phi) is 3.09. The molecular weight excluding hydrogens is 226 g/mol. The Morgan fingerprint density at radius 3 is 2.78 bits per heavy atom. The van der Waals surface area contributed by atoms with Gasteiger partial charge < -0.3 is 14.3 Å². The van der Waals surface area contributed by atoms with Gasteiger partial charge >= 0.3 is 14.6 Å². The smallest absolute Gasteiger partial charge is 0.537 e. The lowest BCUT2D eigenvalue weighted by atomic mass is 9.56. The van der Waals surface area contributed by atoms with Crippen molar-refractivity contribution in [1.82, 2.24) is 0 Å². The topological polar surface area (TPSA) is 38.7 Å². The zero-order chi connectivity index (χ0) is 12.4.